The highest BCUT2D eigenvalue weighted by Gasteiger charge is 2.31. The number of hydrogen-bond acceptors (Lipinski definition) is 5. The summed E-state index contributed by atoms with van der Waals surface area (Å²) in [5.74, 6) is 0.982. The molecule has 1 aliphatic rings. The van der Waals surface area contributed by atoms with Gasteiger partial charge in [-0.05, 0) is 19.0 Å². The summed E-state index contributed by atoms with van der Waals surface area (Å²) in [6.07, 6.45) is 2.65. The molecule has 0 fully saturated rings. The second-order valence-corrected chi connectivity index (χ2v) is 5.96. The van der Waals surface area contributed by atoms with Gasteiger partial charge in [-0.25, -0.2) is 4.98 Å². The lowest BCUT2D eigenvalue weighted by Crippen LogP contribution is -2.38. The summed E-state index contributed by atoms with van der Waals surface area (Å²) in [6, 6.07) is 8.51. The van der Waals surface area contributed by atoms with Crippen LogP contribution in [0.25, 0.3) is 0 Å². The Morgan fingerprint density at radius 2 is 2.35 bits per heavy atom. The first kappa shape index (κ1) is 13.5. The Hall–Kier alpha value is -1.53. The molecule has 0 bridgehead atoms. The lowest BCUT2D eigenvalue weighted by molar-refractivity contribution is 0.260. The molecule has 5 nitrogen and oxygen atoms in total. The molecule has 0 saturated heterocycles. The van der Waals surface area contributed by atoms with E-state index in [9.17, 15) is 0 Å². The number of hydrogen-bond donors (Lipinski definition) is 2. The molecule has 0 saturated carbocycles. The average molecular weight is 290 g/mol. The first-order valence-corrected chi connectivity index (χ1v) is 7.73. The van der Waals surface area contributed by atoms with Crippen LogP contribution in [0.5, 0.6) is 5.75 Å². The zero-order chi connectivity index (χ0) is 13.8. The van der Waals surface area contributed by atoms with Crippen molar-refractivity contribution in [1.29, 1.82) is 0 Å². The van der Waals surface area contributed by atoms with E-state index >= 15 is 0 Å². The third-order valence-corrected chi connectivity index (χ3v) is 4.43. The van der Waals surface area contributed by atoms with Crippen molar-refractivity contribution in [3.8, 4) is 5.75 Å². The average Bonchev–Trinajstić information content (AvgIpc) is 2.99. The normalized spacial score (nSPS) is 21.2. The van der Waals surface area contributed by atoms with Crippen molar-refractivity contribution in [2.75, 3.05) is 13.2 Å². The Kier molecular flexibility index (Phi) is 4.22. The molecule has 0 amide bonds. The first-order chi connectivity index (χ1) is 9.88. The van der Waals surface area contributed by atoms with Crippen LogP contribution in [0.4, 0.5) is 0 Å². The summed E-state index contributed by atoms with van der Waals surface area (Å²) >= 11 is 1.68. The van der Waals surface area contributed by atoms with E-state index in [1.165, 1.54) is 11.9 Å². The number of aromatic nitrogens is 3. The molecule has 0 spiro atoms. The second-order valence-electron chi connectivity index (χ2n) is 4.73. The SMILES string of the molecule is CCCNC1c2ccccc2OCC1Sc1ncn[nH]1. The van der Waals surface area contributed by atoms with E-state index in [-0.39, 0.29) is 11.3 Å². The van der Waals surface area contributed by atoms with Crippen LogP contribution in [0.2, 0.25) is 0 Å². The van der Waals surface area contributed by atoms with Gasteiger partial charge in [-0.2, -0.15) is 5.10 Å². The van der Waals surface area contributed by atoms with E-state index in [4.69, 9.17) is 4.74 Å². The fraction of sp³-hybridized carbons (Fsp3) is 0.429. The van der Waals surface area contributed by atoms with E-state index < -0.39 is 0 Å². The van der Waals surface area contributed by atoms with Crippen molar-refractivity contribution >= 4 is 11.8 Å². The zero-order valence-electron chi connectivity index (χ0n) is 11.4. The molecule has 3 rings (SSSR count). The molecule has 20 heavy (non-hydrogen) atoms. The molecule has 2 atom stereocenters. The number of H-pyrrole nitrogens is 1. The van der Waals surface area contributed by atoms with Crippen LogP contribution in [-0.2, 0) is 0 Å². The van der Waals surface area contributed by atoms with Gasteiger partial charge in [0.05, 0.1) is 11.3 Å². The van der Waals surface area contributed by atoms with Crippen LogP contribution in [-0.4, -0.2) is 33.6 Å². The van der Waals surface area contributed by atoms with E-state index in [1.54, 1.807) is 11.8 Å². The smallest absolute Gasteiger partial charge is 0.183 e. The fourth-order valence-corrected chi connectivity index (χ4v) is 3.39. The number of benzene rings is 1. The number of nitrogens with one attached hydrogen (secondary N) is 2. The topological polar surface area (TPSA) is 62.8 Å². The van der Waals surface area contributed by atoms with Crippen LogP contribution in [0.15, 0.2) is 35.7 Å². The highest BCUT2D eigenvalue weighted by molar-refractivity contribution is 7.99. The van der Waals surface area contributed by atoms with Crippen molar-refractivity contribution in [2.24, 2.45) is 0 Å². The number of nitrogens with zero attached hydrogens (tertiary/aromatic N) is 2. The molecule has 1 aliphatic heterocycles. The maximum atomic E-state index is 5.87. The van der Waals surface area contributed by atoms with Gasteiger partial charge in [-0.15, -0.1) is 0 Å². The fourth-order valence-electron chi connectivity index (χ4n) is 2.38. The molecule has 0 radical (unpaired) electrons. The lowest BCUT2D eigenvalue weighted by Gasteiger charge is -2.33. The maximum Gasteiger partial charge on any atom is 0.183 e. The molecule has 106 valence electrons. The van der Waals surface area contributed by atoms with Crippen LogP contribution >= 0.6 is 11.8 Å². The highest BCUT2D eigenvalue weighted by Crippen LogP contribution is 2.38. The van der Waals surface area contributed by atoms with E-state index in [0.29, 0.717) is 6.61 Å². The third kappa shape index (κ3) is 2.81. The van der Waals surface area contributed by atoms with Crippen LogP contribution in [0.3, 0.4) is 0 Å². The Labute approximate surface area is 122 Å². The van der Waals surface area contributed by atoms with Gasteiger partial charge >= 0.3 is 0 Å². The van der Waals surface area contributed by atoms with Crippen molar-refractivity contribution in [3.05, 3.63) is 36.2 Å². The monoisotopic (exact) mass is 290 g/mol. The molecular weight excluding hydrogens is 272 g/mol. The van der Waals surface area contributed by atoms with Crippen LogP contribution < -0.4 is 10.1 Å². The van der Waals surface area contributed by atoms with Gasteiger partial charge in [0.15, 0.2) is 5.16 Å². The Morgan fingerprint density at radius 3 is 3.15 bits per heavy atom. The standard InChI is InChI=1S/C14H18N4OS/c1-2-7-15-13-10-5-3-4-6-11(10)19-8-12(13)20-14-16-9-17-18-14/h3-6,9,12-13,15H,2,7-8H2,1H3,(H,16,17,18). The minimum absolute atomic E-state index is 0.273. The van der Waals surface area contributed by atoms with Crippen molar-refractivity contribution in [2.45, 2.75) is 29.8 Å². The van der Waals surface area contributed by atoms with Crippen molar-refractivity contribution in [1.82, 2.24) is 20.5 Å². The molecular formula is C14H18N4OS. The predicted octanol–water partition coefficient (Wildman–Crippen LogP) is 2.40. The maximum absolute atomic E-state index is 5.87. The summed E-state index contributed by atoms with van der Waals surface area (Å²) in [4.78, 5) is 4.19. The molecule has 6 heteroatoms. The summed E-state index contributed by atoms with van der Waals surface area (Å²) in [5, 5.41) is 11.5. The van der Waals surface area contributed by atoms with Gasteiger partial charge in [0, 0.05) is 5.56 Å². The number of fused-ring (bicyclic) bond motifs is 1. The summed E-state index contributed by atoms with van der Waals surface area (Å²) in [5.41, 5.74) is 1.23. The van der Waals surface area contributed by atoms with Gasteiger partial charge in [-0.3, -0.25) is 5.10 Å². The van der Waals surface area contributed by atoms with Crippen LogP contribution in [0, 0.1) is 0 Å². The highest BCUT2D eigenvalue weighted by atomic mass is 32.2. The predicted molar refractivity (Wildman–Crippen MR) is 79.0 cm³/mol. The number of aromatic amines is 1. The van der Waals surface area contributed by atoms with Gasteiger partial charge in [0.2, 0.25) is 0 Å². The molecule has 2 unspecified atom stereocenters. The molecule has 0 aliphatic carbocycles. The van der Waals surface area contributed by atoms with Gasteiger partial charge in [0.25, 0.3) is 0 Å². The van der Waals surface area contributed by atoms with E-state index in [1.807, 2.05) is 12.1 Å². The molecule has 2 N–H and O–H groups in total. The number of rotatable bonds is 5. The quantitative estimate of drug-likeness (QED) is 0.885. The molecule has 2 heterocycles. The Bertz CT molecular complexity index is 546. The lowest BCUT2D eigenvalue weighted by atomic mass is 10.00. The molecule has 2 aromatic rings. The minimum Gasteiger partial charge on any atom is -0.492 e. The molecule has 1 aromatic heterocycles. The molecule has 1 aromatic carbocycles. The van der Waals surface area contributed by atoms with Crippen LogP contribution in [0.1, 0.15) is 24.9 Å². The van der Waals surface area contributed by atoms with Gasteiger partial charge < -0.3 is 10.1 Å². The van der Waals surface area contributed by atoms with Crippen molar-refractivity contribution in [3.63, 3.8) is 0 Å². The van der Waals surface area contributed by atoms with E-state index in [0.717, 1.165) is 23.9 Å². The number of thioether (sulfide) groups is 1. The zero-order valence-corrected chi connectivity index (χ0v) is 12.2. The second kappa shape index (κ2) is 6.28. The summed E-state index contributed by atoms with van der Waals surface area (Å²) in [6.45, 7) is 3.84. The van der Waals surface area contributed by atoms with E-state index in [2.05, 4.69) is 39.6 Å². The summed E-state index contributed by atoms with van der Waals surface area (Å²) in [7, 11) is 0. The number of para-hydroxylation sites is 1. The van der Waals surface area contributed by atoms with Gasteiger partial charge in [-0.1, -0.05) is 36.9 Å². The van der Waals surface area contributed by atoms with Crippen molar-refractivity contribution < 1.29 is 4.74 Å². The first-order valence-electron chi connectivity index (χ1n) is 6.85. The van der Waals surface area contributed by atoms with Gasteiger partial charge in [0.1, 0.15) is 18.7 Å². The Balaban J connectivity index is 1.82. The number of ether oxygens (including phenoxy) is 1. The largest absolute Gasteiger partial charge is 0.492 e. The third-order valence-electron chi connectivity index (χ3n) is 3.30. The Morgan fingerprint density at radius 1 is 1.45 bits per heavy atom. The summed E-state index contributed by atoms with van der Waals surface area (Å²) < 4.78 is 5.87. The minimum atomic E-state index is 0.273.